The quantitative estimate of drug-likeness (QED) is 0.546. The number of aryl methyl sites for hydroxylation is 2. The molecular weight excluding hydrogens is 470 g/mol. The predicted molar refractivity (Wildman–Crippen MR) is 124 cm³/mol. The van der Waals surface area contributed by atoms with Crippen molar-refractivity contribution in [3.05, 3.63) is 58.2 Å². The lowest BCUT2D eigenvalue weighted by Crippen LogP contribution is -2.38. The van der Waals surface area contributed by atoms with Crippen molar-refractivity contribution in [2.24, 2.45) is 5.92 Å². The van der Waals surface area contributed by atoms with Gasteiger partial charge in [0, 0.05) is 23.4 Å². The van der Waals surface area contributed by atoms with E-state index in [-0.39, 0.29) is 17.5 Å². The minimum Gasteiger partial charge on any atom is -0.349 e. The summed E-state index contributed by atoms with van der Waals surface area (Å²) in [6.45, 7) is 5.65. The van der Waals surface area contributed by atoms with Crippen LogP contribution in [0.25, 0.3) is 0 Å². The molecule has 1 amide bonds. The molecule has 0 aliphatic heterocycles. The maximum Gasteiger partial charge on any atom is 0.399 e. The molecule has 0 saturated heterocycles. The van der Waals surface area contributed by atoms with Crippen LogP contribution in [-0.2, 0) is 34.0 Å². The first kappa shape index (κ1) is 26.1. The molecule has 34 heavy (non-hydrogen) atoms. The number of carbonyl (C=O) groups excluding carboxylic acids is 1. The number of hydrogen-bond acceptors (Lipinski definition) is 3. The van der Waals surface area contributed by atoms with Crippen LogP contribution in [0.4, 0.5) is 23.2 Å². The van der Waals surface area contributed by atoms with Crippen molar-refractivity contribution in [1.29, 1.82) is 0 Å². The number of amides is 1. The lowest BCUT2D eigenvalue weighted by Gasteiger charge is -2.30. The molecule has 3 rings (SSSR count). The molecule has 186 valence electrons. The van der Waals surface area contributed by atoms with Gasteiger partial charge in [0.25, 0.3) is 0 Å². The Labute approximate surface area is 199 Å². The van der Waals surface area contributed by atoms with Crippen LogP contribution in [0.5, 0.6) is 0 Å². The van der Waals surface area contributed by atoms with Crippen molar-refractivity contribution in [3.8, 4) is 0 Å². The van der Waals surface area contributed by atoms with E-state index >= 15 is 0 Å². The summed E-state index contributed by atoms with van der Waals surface area (Å²) in [4.78, 5) is 17.2. The number of nitrogens with one attached hydrogen (secondary N) is 2. The number of nitrogens with zero attached hydrogens (tertiary/aromatic N) is 1. The number of fused-ring (bicyclic) bond motifs is 1. The monoisotopic (exact) mass is 499 g/mol. The van der Waals surface area contributed by atoms with Crippen LogP contribution in [-0.4, -0.2) is 27.5 Å². The zero-order valence-corrected chi connectivity index (χ0v) is 20.6. The van der Waals surface area contributed by atoms with E-state index in [9.17, 15) is 26.6 Å². The highest BCUT2D eigenvalue weighted by Crippen LogP contribution is 2.40. The van der Waals surface area contributed by atoms with E-state index in [0.29, 0.717) is 41.8 Å². The lowest BCUT2D eigenvalue weighted by molar-refractivity contribution is -0.181. The van der Waals surface area contributed by atoms with Gasteiger partial charge < -0.3 is 10.0 Å². The fourth-order valence-electron chi connectivity index (χ4n) is 4.04. The van der Waals surface area contributed by atoms with Crippen molar-refractivity contribution in [2.75, 3.05) is 11.0 Å². The van der Waals surface area contributed by atoms with Crippen LogP contribution in [0.1, 0.15) is 61.3 Å². The second kappa shape index (κ2) is 9.64. The maximum atomic E-state index is 14.7. The summed E-state index contributed by atoms with van der Waals surface area (Å²) in [5.41, 5.74) is 0.676. The highest BCUT2D eigenvalue weighted by Gasteiger charge is 2.49. The van der Waals surface area contributed by atoms with E-state index in [1.165, 1.54) is 18.4 Å². The van der Waals surface area contributed by atoms with Crippen molar-refractivity contribution in [3.63, 3.8) is 0 Å². The molecule has 1 aromatic heterocycles. The van der Waals surface area contributed by atoms with Crippen LogP contribution in [0, 0.1) is 18.7 Å². The van der Waals surface area contributed by atoms with Crippen LogP contribution < -0.4 is 10.0 Å². The first-order chi connectivity index (χ1) is 15.7. The molecule has 2 aromatic rings. The molecule has 1 heterocycles. The van der Waals surface area contributed by atoms with E-state index in [4.69, 9.17) is 0 Å². The number of carbonyl (C=O) groups is 1. The Morgan fingerprint density at radius 1 is 1.24 bits per heavy atom. The number of benzene rings is 1. The Bertz CT molecular complexity index is 1120. The van der Waals surface area contributed by atoms with Gasteiger partial charge in [-0.25, -0.2) is 8.60 Å². The first-order valence-corrected chi connectivity index (χ1v) is 12.5. The largest absolute Gasteiger partial charge is 0.399 e. The van der Waals surface area contributed by atoms with Crippen LogP contribution in [0.3, 0.4) is 0 Å². The van der Waals surface area contributed by atoms with Gasteiger partial charge in [0.15, 0.2) is 0 Å². The molecule has 0 fully saturated rings. The molecule has 3 unspecified atom stereocenters. The van der Waals surface area contributed by atoms with Gasteiger partial charge in [-0.15, -0.1) is 0 Å². The average molecular weight is 500 g/mol. The summed E-state index contributed by atoms with van der Waals surface area (Å²) in [7, 11) is -1.34. The topological polar surface area (TPSA) is 71.1 Å². The molecule has 1 aliphatic rings. The van der Waals surface area contributed by atoms with E-state index in [1.54, 1.807) is 26.0 Å². The van der Waals surface area contributed by atoms with E-state index in [0.717, 1.165) is 19.4 Å². The second-order valence-corrected chi connectivity index (χ2v) is 10.5. The Morgan fingerprint density at radius 3 is 2.53 bits per heavy atom. The standard InChI is InChI=1S/C24H29F4N3O2S/c1-13-10-17(18(25)12-20(13)31-34(5)33)14(2)29-22(32)16-6-8-19-15(11-16)7-9-21(30-19)23(3,4)24(26,27)28/h7,9-10,12,14,16,31H,6,8,11H2,1-5H3,(H,29,32). The van der Waals surface area contributed by atoms with E-state index in [1.807, 2.05) is 0 Å². The van der Waals surface area contributed by atoms with Gasteiger partial charge in [-0.1, -0.05) is 6.07 Å². The van der Waals surface area contributed by atoms with Gasteiger partial charge in [0.05, 0.1) is 17.4 Å². The Morgan fingerprint density at radius 2 is 1.91 bits per heavy atom. The average Bonchev–Trinajstić information content (AvgIpc) is 2.73. The van der Waals surface area contributed by atoms with Gasteiger partial charge >= 0.3 is 6.18 Å². The number of halogens is 4. The minimum atomic E-state index is -4.42. The maximum absolute atomic E-state index is 14.7. The molecule has 2 N–H and O–H groups in total. The first-order valence-electron chi connectivity index (χ1n) is 11.0. The van der Waals surface area contributed by atoms with Crippen molar-refractivity contribution in [1.82, 2.24) is 10.3 Å². The van der Waals surface area contributed by atoms with Crippen molar-refractivity contribution >= 4 is 22.6 Å². The Hall–Kier alpha value is -2.49. The Kier molecular flexibility index (Phi) is 7.40. The number of hydrogen-bond donors (Lipinski definition) is 2. The lowest BCUT2D eigenvalue weighted by atomic mass is 9.83. The van der Waals surface area contributed by atoms with Gasteiger partial charge in [-0.2, -0.15) is 13.2 Å². The van der Waals surface area contributed by atoms with Gasteiger partial charge in [-0.05, 0) is 76.3 Å². The highest BCUT2D eigenvalue weighted by atomic mass is 32.2. The number of anilines is 1. The normalized spacial score (nSPS) is 18.1. The highest BCUT2D eigenvalue weighted by molar-refractivity contribution is 7.85. The van der Waals surface area contributed by atoms with Gasteiger partial charge in [0.1, 0.15) is 22.2 Å². The van der Waals surface area contributed by atoms with Crippen LogP contribution in [0.2, 0.25) is 0 Å². The second-order valence-electron chi connectivity index (χ2n) is 9.34. The molecule has 0 spiro atoms. The summed E-state index contributed by atoms with van der Waals surface area (Å²) >= 11 is 0. The molecule has 0 bridgehead atoms. The molecule has 3 atom stereocenters. The predicted octanol–water partition coefficient (Wildman–Crippen LogP) is 5.06. The van der Waals surface area contributed by atoms with Gasteiger partial charge in [0.2, 0.25) is 5.91 Å². The molecule has 0 saturated carbocycles. The summed E-state index contributed by atoms with van der Waals surface area (Å²) in [5.74, 6) is -1.15. The minimum absolute atomic E-state index is 0.0361. The molecule has 1 aliphatic carbocycles. The number of aromatic nitrogens is 1. The summed E-state index contributed by atoms with van der Waals surface area (Å²) in [6.07, 6.45) is -1.77. The van der Waals surface area contributed by atoms with E-state index in [2.05, 4.69) is 15.0 Å². The Balaban J connectivity index is 1.71. The third-order valence-electron chi connectivity index (χ3n) is 6.41. The summed E-state index contributed by atoms with van der Waals surface area (Å²) < 4.78 is 68.8. The molecule has 10 heteroatoms. The summed E-state index contributed by atoms with van der Waals surface area (Å²) in [6, 6.07) is 5.28. The van der Waals surface area contributed by atoms with Crippen LogP contribution >= 0.6 is 0 Å². The van der Waals surface area contributed by atoms with Crippen LogP contribution in [0.15, 0.2) is 24.3 Å². The number of rotatable bonds is 6. The zero-order valence-electron chi connectivity index (χ0n) is 19.8. The fourth-order valence-corrected chi connectivity index (χ4v) is 4.57. The third-order valence-corrected chi connectivity index (χ3v) is 6.91. The SMILES string of the molecule is Cc1cc(C(C)NC(=O)C2CCc3nc(C(C)(C)C(F)(F)F)ccc3C2)c(F)cc1NS(C)=O. The molecule has 1 aromatic carbocycles. The third kappa shape index (κ3) is 5.42. The van der Waals surface area contributed by atoms with Gasteiger partial charge in [-0.3, -0.25) is 9.78 Å². The smallest absolute Gasteiger partial charge is 0.349 e. The number of pyridine rings is 1. The summed E-state index contributed by atoms with van der Waals surface area (Å²) in [5, 5.41) is 2.85. The fraction of sp³-hybridized carbons (Fsp3) is 0.500. The van der Waals surface area contributed by atoms with Crippen molar-refractivity contribution < 1.29 is 26.6 Å². The molecule has 5 nitrogen and oxygen atoms in total. The van der Waals surface area contributed by atoms with Crippen molar-refractivity contribution in [2.45, 2.75) is 64.6 Å². The number of alkyl halides is 3. The van der Waals surface area contributed by atoms with E-state index < -0.39 is 34.4 Å². The molecular formula is C24H29F4N3O2S. The molecule has 0 radical (unpaired) electrons. The zero-order chi connectivity index (χ0) is 25.4.